The maximum Gasteiger partial charge on any atom is 0.212 e. The average Bonchev–Trinajstić information content (AvgIpc) is 2.93. The molecule has 1 aliphatic rings. The molecule has 206 valence electrons. The van der Waals surface area contributed by atoms with E-state index in [1.165, 1.54) is 31.1 Å². The SMILES string of the molecule is C=N/C=C1/C=C(c2cc(F)cc(NSC)c2)C(=NC[C@H](C)OC)NC1=NC.CN.COc1ccc(Cl)cn1. The molecule has 0 aliphatic carbocycles. The normalized spacial score (nSPS) is 16.3. The van der Waals surface area contributed by atoms with Gasteiger partial charge in [-0.05, 0) is 56.6 Å². The van der Waals surface area contributed by atoms with Gasteiger partial charge in [0.05, 0.1) is 24.8 Å². The molecule has 12 heteroatoms. The number of ether oxygens (including phenoxy) is 2. The van der Waals surface area contributed by atoms with Crippen molar-refractivity contribution in [2.24, 2.45) is 20.7 Å². The number of nitrogens with two attached hydrogens (primary N) is 1. The van der Waals surface area contributed by atoms with Crippen molar-refractivity contribution >= 4 is 53.2 Å². The predicted molar refractivity (Wildman–Crippen MR) is 160 cm³/mol. The third-order valence-electron chi connectivity index (χ3n) is 4.77. The molecule has 0 radical (unpaired) electrons. The van der Waals surface area contributed by atoms with Crippen LogP contribution in [0.4, 0.5) is 10.1 Å². The Morgan fingerprint density at radius 3 is 2.55 bits per heavy atom. The zero-order valence-electron chi connectivity index (χ0n) is 22.5. The van der Waals surface area contributed by atoms with Crippen LogP contribution >= 0.6 is 23.5 Å². The van der Waals surface area contributed by atoms with E-state index < -0.39 is 0 Å². The zero-order valence-corrected chi connectivity index (χ0v) is 24.0. The van der Waals surface area contributed by atoms with Crippen LogP contribution in [0.15, 0.2) is 69.4 Å². The molecule has 2 aromatic rings. The first-order valence-corrected chi connectivity index (χ1v) is 13.0. The highest BCUT2D eigenvalue weighted by Crippen LogP contribution is 2.27. The Balaban J connectivity index is 0.000000548. The number of benzene rings is 1. The van der Waals surface area contributed by atoms with Crippen LogP contribution in [0.2, 0.25) is 5.02 Å². The van der Waals surface area contributed by atoms with Crippen LogP contribution in [-0.2, 0) is 4.74 Å². The van der Waals surface area contributed by atoms with E-state index in [4.69, 9.17) is 21.1 Å². The van der Waals surface area contributed by atoms with Crippen LogP contribution in [0.1, 0.15) is 12.5 Å². The number of methoxy groups -OCH3 is 2. The van der Waals surface area contributed by atoms with Crippen LogP contribution in [0.3, 0.4) is 0 Å². The first-order valence-electron chi connectivity index (χ1n) is 11.4. The Hall–Kier alpha value is -3.25. The van der Waals surface area contributed by atoms with Gasteiger partial charge in [-0.15, -0.1) is 0 Å². The third-order valence-corrected chi connectivity index (χ3v) is 5.43. The lowest BCUT2D eigenvalue weighted by atomic mass is 9.97. The molecule has 0 amide bonds. The van der Waals surface area contributed by atoms with Crippen LogP contribution < -0.4 is 20.5 Å². The van der Waals surface area contributed by atoms with Gasteiger partial charge in [0.25, 0.3) is 0 Å². The minimum absolute atomic E-state index is 0.0458. The van der Waals surface area contributed by atoms with Crippen molar-refractivity contribution in [1.82, 2.24) is 10.3 Å². The predicted octanol–water partition coefficient (Wildman–Crippen LogP) is 4.87. The fraction of sp³-hybridized carbons (Fsp3) is 0.308. The molecular formula is C26H35ClFN7O2S. The van der Waals surface area contributed by atoms with Crippen LogP contribution in [-0.4, -0.2) is 70.6 Å². The Kier molecular flexibility index (Phi) is 15.6. The molecule has 3 rings (SSSR count). The quantitative estimate of drug-likeness (QED) is 0.310. The van der Waals surface area contributed by atoms with Gasteiger partial charge in [-0.25, -0.2) is 9.37 Å². The Morgan fingerprint density at radius 1 is 1.26 bits per heavy atom. The smallest absolute Gasteiger partial charge is 0.212 e. The third kappa shape index (κ3) is 10.6. The summed E-state index contributed by atoms with van der Waals surface area (Å²) in [6, 6.07) is 8.23. The summed E-state index contributed by atoms with van der Waals surface area (Å²) in [6.45, 7) is 5.89. The van der Waals surface area contributed by atoms with Crippen molar-refractivity contribution in [3.63, 3.8) is 0 Å². The summed E-state index contributed by atoms with van der Waals surface area (Å²) in [5.74, 6) is 1.46. The van der Waals surface area contributed by atoms with Gasteiger partial charge in [-0.1, -0.05) is 23.5 Å². The summed E-state index contributed by atoms with van der Waals surface area (Å²) in [6.07, 6.45) is 6.85. The van der Waals surface area contributed by atoms with Crippen LogP contribution in [0, 0.1) is 5.82 Å². The molecular weight excluding hydrogens is 529 g/mol. The number of amidine groups is 2. The lowest BCUT2D eigenvalue weighted by molar-refractivity contribution is 0.125. The Labute approximate surface area is 233 Å². The second-order valence-corrected chi connectivity index (χ2v) is 8.36. The van der Waals surface area contributed by atoms with Gasteiger partial charge in [-0.2, -0.15) is 0 Å². The first-order chi connectivity index (χ1) is 18.3. The van der Waals surface area contributed by atoms with Crippen molar-refractivity contribution in [3.8, 4) is 5.88 Å². The summed E-state index contributed by atoms with van der Waals surface area (Å²) >= 11 is 6.95. The van der Waals surface area contributed by atoms with E-state index >= 15 is 0 Å². The Morgan fingerprint density at radius 2 is 2.00 bits per heavy atom. The molecule has 1 atom stereocenters. The highest BCUT2D eigenvalue weighted by Gasteiger charge is 2.21. The number of pyridine rings is 1. The largest absolute Gasteiger partial charge is 0.481 e. The lowest BCUT2D eigenvalue weighted by Crippen LogP contribution is -2.36. The monoisotopic (exact) mass is 563 g/mol. The number of nitrogens with zero attached hydrogens (tertiary/aromatic N) is 4. The van der Waals surface area contributed by atoms with E-state index in [0.29, 0.717) is 40.4 Å². The Bertz CT molecular complexity index is 1150. The van der Waals surface area contributed by atoms with Crippen LogP contribution in [0.5, 0.6) is 5.88 Å². The average molecular weight is 564 g/mol. The number of aromatic nitrogens is 1. The van der Waals surface area contributed by atoms with Crippen molar-refractivity contribution < 1.29 is 13.9 Å². The molecule has 1 aromatic heterocycles. The van der Waals surface area contributed by atoms with Gasteiger partial charge in [0.2, 0.25) is 5.88 Å². The topological polar surface area (TPSA) is 119 Å². The van der Waals surface area contributed by atoms with Crippen molar-refractivity contribution in [1.29, 1.82) is 0 Å². The van der Waals surface area contributed by atoms with Gasteiger partial charge in [0.1, 0.15) is 17.5 Å². The minimum atomic E-state index is -0.336. The molecule has 1 aromatic carbocycles. The fourth-order valence-corrected chi connectivity index (χ4v) is 3.44. The van der Waals surface area contributed by atoms with Crippen molar-refractivity contribution in [2.75, 3.05) is 45.8 Å². The summed E-state index contributed by atoms with van der Waals surface area (Å²) in [4.78, 5) is 16.5. The first kappa shape index (κ1) is 32.8. The number of nitrogens with one attached hydrogen (secondary N) is 2. The second kappa shape index (κ2) is 18.1. The number of rotatable bonds is 8. The van der Waals surface area contributed by atoms with E-state index in [-0.39, 0.29) is 11.9 Å². The molecule has 0 saturated carbocycles. The zero-order chi connectivity index (χ0) is 28.5. The molecule has 0 bridgehead atoms. The van der Waals surface area contributed by atoms with Crippen molar-refractivity contribution in [3.05, 3.63) is 70.8 Å². The molecule has 9 nitrogen and oxygen atoms in total. The second-order valence-electron chi connectivity index (χ2n) is 7.31. The van der Waals surface area contributed by atoms with Gasteiger partial charge in [-0.3, -0.25) is 15.0 Å². The number of hydrogen-bond acceptors (Lipinski definition) is 9. The van der Waals surface area contributed by atoms with Crippen molar-refractivity contribution in [2.45, 2.75) is 13.0 Å². The van der Waals surface area contributed by atoms with Gasteiger partial charge >= 0.3 is 0 Å². The molecule has 4 N–H and O–H groups in total. The minimum Gasteiger partial charge on any atom is -0.481 e. The standard InChI is InChI=1S/C19H24FN5OS.C6H6ClNO.CH5N/c1-12(26-4)10-23-19-17(8-14(11-21-2)18(22-3)24-19)13-6-15(20)9-16(7-13)25-27-5;1-9-6-3-2-5(7)4-8-6;1-2/h6-9,11-12,25H,2,10H2,1,3-5H3,(H,22,23,24);2-4H,1H3;2H2,1H3/b14-11-;;/t12-;;/m0../s1. The molecule has 0 spiro atoms. The highest BCUT2D eigenvalue weighted by atomic mass is 35.5. The lowest BCUT2D eigenvalue weighted by Gasteiger charge is -2.22. The maximum atomic E-state index is 14.2. The molecule has 0 fully saturated rings. The van der Waals surface area contributed by atoms with E-state index in [9.17, 15) is 4.39 Å². The van der Waals surface area contributed by atoms with Gasteiger partial charge < -0.3 is 25.2 Å². The molecule has 0 unspecified atom stereocenters. The van der Waals surface area contributed by atoms with Crippen LogP contribution in [0.25, 0.3) is 5.57 Å². The van der Waals surface area contributed by atoms with E-state index in [1.807, 2.05) is 25.3 Å². The highest BCUT2D eigenvalue weighted by molar-refractivity contribution is 7.99. The number of hydrogen-bond donors (Lipinski definition) is 3. The summed E-state index contributed by atoms with van der Waals surface area (Å²) in [5, 5.41) is 3.83. The fourth-order valence-electron chi connectivity index (χ4n) is 2.97. The van der Waals surface area contributed by atoms with E-state index in [2.05, 4.69) is 42.5 Å². The summed E-state index contributed by atoms with van der Waals surface area (Å²) in [5.41, 5.74) is 7.34. The van der Waals surface area contributed by atoms with Gasteiger partial charge in [0.15, 0.2) is 0 Å². The molecule has 2 heterocycles. The maximum absolute atomic E-state index is 14.2. The van der Waals surface area contributed by atoms with E-state index in [1.54, 1.807) is 45.8 Å². The molecule has 38 heavy (non-hydrogen) atoms. The number of aliphatic imine (C=N–C) groups is 3. The van der Waals surface area contributed by atoms with Gasteiger partial charge in [0, 0.05) is 55.7 Å². The summed E-state index contributed by atoms with van der Waals surface area (Å²) < 4.78 is 27.3. The summed E-state index contributed by atoms with van der Waals surface area (Å²) in [7, 11) is 6.38. The molecule has 1 aliphatic heterocycles. The number of halogens is 2. The van der Waals surface area contributed by atoms with E-state index in [0.717, 1.165) is 11.1 Å². The molecule has 0 saturated heterocycles. The number of anilines is 1.